The number of rotatable bonds is 4. The Labute approximate surface area is 116 Å². The van der Waals surface area contributed by atoms with Gasteiger partial charge in [0.15, 0.2) is 0 Å². The molecule has 20 heavy (non-hydrogen) atoms. The molecular weight excluding hydrogens is 252 g/mol. The molecule has 3 aromatic rings. The quantitative estimate of drug-likeness (QED) is 0.762. The van der Waals surface area contributed by atoms with Crippen LogP contribution in [0.4, 0.5) is 0 Å². The third kappa shape index (κ3) is 2.28. The van der Waals surface area contributed by atoms with Gasteiger partial charge in [-0.2, -0.15) is 0 Å². The Morgan fingerprint density at radius 2 is 2.05 bits per heavy atom. The molecule has 2 aromatic heterocycles. The maximum absolute atomic E-state index is 11.2. The highest BCUT2D eigenvalue weighted by molar-refractivity contribution is 5.84. The van der Waals surface area contributed by atoms with Crippen LogP contribution in [0.2, 0.25) is 0 Å². The summed E-state index contributed by atoms with van der Waals surface area (Å²) in [5, 5.41) is 10.2. The average Bonchev–Trinajstić information content (AvgIpc) is 2.89. The van der Waals surface area contributed by atoms with Crippen molar-refractivity contribution in [3.05, 3.63) is 66.1 Å². The van der Waals surface area contributed by atoms with Gasteiger partial charge in [0.2, 0.25) is 0 Å². The van der Waals surface area contributed by atoms with Crippen molar-refractivity contribution in [3.63, 3.8) is 0 Å². The van der Waals surface area contributed by atoms with Gasteiger partial charge in [0.25, 0.3) is 0 Å². The zero-order valence-electron chi connectivity index (χ0n) is 10.8. The fourth-order valence-corrected chi connectivity index (χ4v) is 2.54. The Balaban J connectivity index is 2.12. The minimum atomic E-state index is -0.808. The van der Waals surface area contributed by atoms with Gasteiger partial charge in [0.05, 0.1) is 6.42 Å². The number of fused-ring (bicyclic) bond motifs is 1. The third-order valence-electron chi connectivity index (χ3n) is 3.47. The normalized spacial score (nSPS) is 12.4. The maximum Gasteiger partial charge on any atom is 0.304 e. The maximum atomic E-state index is 11.2. The summed E-state index contributed by atoms with van der Waals surface area (Å²) < 4.78 is 0. The summed E-state index contributed by atoms with van der Waals surface area (Å²) in [6.45, 7) is 0. The number of carboxylic acids is 1. The van der Waals surface area contributed by atoms with Gasteiger partial charge in [-0.25, -0.2) is 0 Å². The molecule has 1 unspecified atom stereocenters. The number of hydrogen-bond acceptors (Lipinski definition) is 2. The third-order valence-corrected chi connectivity index (χ3v) is 3.47. The number of aromatic amines is 1. The lowest BCUT2D eigenvalue weighted by Gasteiger charge is -2.14. The lowest BCUT2D eigenvalue weighted by atomic mass is 9.89. The summed E-state index contributed by atoms with van der Waals surface area (Å²) in [6, 6.07) is 11.6. The van der Waals surface area contributed by atoms with E-state index >= 15 is 0 Å². The number of H-pyrrole nitrogens is 1. The van der Waals surface area contributed by atoms with Crippen molar-refractivity contribution >= 4 is 16.9 Å². The van der Waals surface area contributed by atoms with Gasteiger partial charge in [0, 0.05) is 35.4 Å². The zero-order chi connectivity index (χ0) is 13.9. The molecule has 3 rings (SSSR count). The zero-order valence-corrected chi connectivity index (χ0v) is 10.8. The molecule has 0 fully saturated rings. The van der Waals surface area contributed by atoms with Crippen LogP contribution in [0.15, 0.2) is 55.0 Å². The van der Waals surface area contributed by atoms with Crippen LogP contribution in [0, 0.1) is 0 Å². The number of nitrogens with one attached hydrogen (secondary N) is 1. The molecule has 4 nitrogen and oxygen atoms in total. The predicted molar refractivity (Wildman–Crippen MR) is 76.6 cm³/mol. The Morgan fingerprint density at radius 3 is 2.80 bits per heavy atom. The van der Waals surface area contributed by atoms with Crippen molar-refractivity contribution < 1.29 is 9.90 Å². The van der Waals surface area contributed by atoms with Gasteiger partial charge in [-0.15, -0.1) is 0 Å². The molecule has 0 aliphatic rings. The summed E-state index contributed by atoms with van der Waals surface area (Å²) in [6.07, 6.45) is 5.44. The molecule has 2 heterocycles. The molecule has 0 aliphatic carbocycles. The average molecular weight is 266 g/mol. The molecule has 0 aliphatic heterocycles. The van der Waals surface area contributed by atoms with Gasteiger partial charge in [-0.05, 0) is 17.2 Å². The van der Waals surface area contributed by atoms with Crippen LogP contribution in [0.3, 0.4) is 0 Å². The standard InChI is InChI=1S/C16H14N2O2/c19-16(20)8-12(11-4-2-1-3-5-11)13-10-18-15-6-7-17-9-14(13)15/h1-7,9-10,12,18H,8H2,(H,19,20). The van der Waals surface area contributed by atoms with Crippen molar-refractivity contribution in [3.8, 4) is 0 Å². The molecular formula is C16H14N2O2. The Kier molecular flexibility index (Phi) is 3.21. The number of hydrogen-bond donors (Lipinski definition) is 2. The molecule has 0 saturated carbocycles. The van der Waals surface area contributed by atoms with Gasteiger partial charge < -0.3 is 10.1 Å². The first-order chi connectivity index (χ1) is 9.75. The van der Waals surface area contributed by atoms with E-state index in [1.165, 1.54) is 0 Å². The Morgan fingerprint density at radius 1 is 1.25 bits per heavy atom. The predicted octanol–water partition coefficient (Wildman–Crippen LogP) is 3.17. The second-order valence-electron chi connectivity index (χ2n) is 4.73. The molecule has 4 heteroatoms. The largest absolute Gasteiger partial charge is 0.481 e. The van der Waals surface area contributed by atoms with E-state index in [1.807, 2.05) is 42.6 Å². The van der Waals surface area contributed by atoms with Gasteiger partial charge in [-0.1, -0.05) is 30.3 Å². The fraction of sp³-hybridized carbons (Fsp3) is 0.125. The summed E-state index contributed by atoms with van der Waals surface area (Å²) >= 11 is 0. The molecule has 0 amide bonds. The SMILES string of the molecule is O=C(O)CC(c1ccccc1)c1c[nH]c2ccncc12. The van der Waals surface area contributed by atoms with E-state index in [2.05, 4.69) is 9.97 Å². The van der Waals surface area contributed by atoms with E-state index in [4.69, 9.17) is 0 Å². The number of benzene rings is 1. The van der Waals surface area contributed by atoms with E-state index in [0.29, 0.717) is 0 Å². The first kappa shape index (κ1) is 12.4. The number of carboxylic acid groups (broad SMARTS) is 1. The first-order valence-electron chi connectivity index (χ1n) is 6.43. The smallest absolute Gasteiger partial charge is 0.304 e. The highest BCUT2D eigenvalue weighted by Crippen LogP contribution is 2.32. The van der Waals surface area contributed by atoms with Crippen LogP contribution >= 0.6 is 0 Å². The number of aromatic nitrogens is 2. The van der Waals surface area contributed by atoms with E-state index in [1.54, 1.807) is 12.4 Å². The number of carbonyl (C=O) groups is 1. The van der Waals surface area contributed by atoms with Crippen LogP contribution in [0.1, 0.15) is 23.5 Å². The van der Waals surface area contributed by atoms with E-state index < -0.39 is 5.97 Å². The topological polar surface area (TPSA) is 66.0 Å². The van der Waals surface area contributed by atoms with Gasteiger partial charge >= 0.3 is 5.97 Å². The minimum Gasteiger partial charge on any atom is -0.481 e. The van der Waals surface area contributed by atoms with Crippen LogP contribution in [0.5, 0.6) is 0 Å². The summed E-state index contributed by atoms with van der Waals surface area (Å²) in [7, 11) is 0. The first-order valence-corrected chi connectivity index (χ1v) is 6.43. The number of pyridine rings is 1. The summed E-state index contributed by atoms with van der Waals surface area (Å²) in [5.74, 6) is -0.983. The van der Waals surface area contributed by atoms with Crippen LogP contribution < -0.4 is 0 Å². The van der Waals surface area contributed by atoms with Crippen LogP contribution in [0.25, 0.3) is 10.9 Å². The highest BCUT2D eigenvalue weighted by Gasteiger charge is 2.20. The van der Waals surface area contributed by atoms with Gasteiger partial charge in [-0.3, -0.25) is 9.78 Å². The number of nitrogens with zero attached hydrogens (tertiary/aromatic N) is 1. The highest BCUT2D eigenvalue weighted by atomic mass is 16.4. The minimum absolute atomic E-state index is 0.0614. The van der Waals surface area contributed by atoms with Gasteiger partial charge in [0.1, 0.15) is 0 Å². The molecule has 0 spiro atoms. The van der Waals surface area contributed by atoms with Crippen molar-refractivity contribution in [2.24, 2.45) is 0 Å². The fourth-order valence-electron chi connectivity index (χ4n) is 2.54. The molecule has 2 N–H and O–H groups in total. The monoisotopic (exact) mass is 266 g/mol. The van der Waals surface area contributed by atoms with Crippen molar-refractivity contribution in [2.75, 3.05) is 0 Å². The molecule has 1 atom stereocenters. The molecule has 0 saturated heterocycles. The van der Waals surface area contributed by atoms with Crippen molar-refractivity contribution in [1.29, 1.82) is 0 Å². The van der Waals surface area contributed by atoms with Crippen molar-refractivity contribution in [2.45, 2.75) is 12.3 Å². The molecule has 0 radical (unpaired) electrons. The van der Waals surface area contributed by atoms with Crippen molar-refractivity contribution in [1.82, 2.24) is 9.97 Å². The molecule has 0 bridgehead atoms. The van der Waals surface area contributed by atoms with E-state index in [0.717, 1.165) is 22.0 Å². The Hall–Kier alpha value is -2.62. The summed E-state index contributed by atoms with van der Waals surface area (Å²) in [4.78, 5) is 18.5. The van der Waals surface area contributed by atoms with E-state index in [-0.39, 0.29) is 12.3 Å². The lowest BCUT2D eigenvalue weighted by Crippen LogP contribution is -2.07. The summed E-state index contributed by atoms with van der Waals surface area (Å²) in [5.41, 5.74) is 2.95. The molecule has 1 aromatic carbocycles. The Bertz CT molecular complexity index is 734. The second kappa shape index (κ2) is 5.17. The molecule has 100 valence electrons. The van der Waals surface area contributed by atoms with E-state index in [9.17, 15) is 9.90 Å². The van der Waals surface area contributed by atoms with Crippen LogP contribution in [-0.4, -0.2) is 21.0 Å². The lowest BCUT2D eigenvalue weighted by molar-refractivity contribution is -0.137. The van der Waals surface area contributed by atoms with Crippen LogP contribution in [-0.2, 0) is 4.79 Å². The second-order valence-corrected chi connectivity index (χ2v) is 4.73. The number of aliphatic carboxylic acids is 1.